The summed E-state index contributed by atoms with van der Waals surface area (Å²) in [5.41, 5.74) is 2.75. The van der Waals surface area contributed by atoms with Crippen molar-refractivity contribution in [1.82, 2.24) is 20.5 Å². The lowest BCUT2D eigenvalue weighted by molar-refractivity contribution is -0.121. The summed E-state index contributed by atoms with van der Waals surface area (Å²) in [6.07, 6.45) is 7.02. The number of thiazole rings is 1. The minimum absolute atomic E-state index is 0.0989. The van der Waals surface area contributed by atoms with Crippen molar-refractivity contribution in [3.8, 4) is 5.75 Å². The van der Waals surface area contributed by atoms with E-state index in [0.29, 0.717) is 24.5 Å². The number of benzene rings is 2. The number of aromatic nitrogens is 1. The molecule has 9 heteroatoms. The van der Waals surface area contributed by atoms with Gasteiger partial charge in [0, 0.05) is 43.7 Å². The second kappa shape index (κ2) is 13.2. The molecule has 0 radical (unpaired) electrons. The van der Waals surface area contributed by atoms with Crippen LogP contribution in [0.15, 0.2) is 41.2 Å². The van der Waals surface area contributed by atoms with Crippen molar-refractivity contribution < 1.29 is 9.90 Å². The van der Waals surface area contributed by atoms with Crippen LogP contribution < -0.4 is 15.5 Å². The van der Waals surface area contributed by atoms with Gasteiger partial charge in [0.15, 0.2) is 0 Å². The van der Waals surface area contributed by atoms with Crippen LogP contribution in [0.5, 0.6) is 5.75 Å². The molecule has 3 aromatic rings. The Kier molecular flexibility index (Phi) is 9.81. The predicted octanol–water partition coefficient (Wildman–Crippen LogP) is 4.07. The summed E-state index contributed by atoms with van der Waals surface area (Å²) >= 11 is 7.07. The Balaban J connectivity index is 1.19. The van der Waals surface area contributed by atoms with Gasteiger partial charge in [-0.3, -0.25) is 14.5 Å². The maximum Gasteiger partial charge on any atom is 0.305 e. The Morgan fingerprint density at radius 1 is 1.06 bits per heavy atom. The molecule has 0 unspecified atom stereocenters. The fourth-order valence-electron chi connectivity index (χ4n) is 4.92. The van der Waals surface area contributed by atoms with Crippen LogP contribution in [0.2, 0.25) is 5.02 Å². The van der Waals surface area contributed by atoms with Crippen molar-refractivity contribution in [2.75, 3.05) is 32.7 Å². The molecule has 1 heterocycles. The van der Waals surface area contributed by atoms with Crippen LogP contribution in [0.3, 0.4) is 0 Å². The Morgan fingerprint density at radius 2 is 1.83 bits per heavy atom. The number of carbonyl (C=O) groups excluding carboxylic acids is 1. The van der Waals surface area contributed by atoms with Crippen molar-refractivity contribution in [3.63, 3.8) is 0 Å². The van der Waals surface area contributed by atoms with Crippen LogP contribution in [0.25, 0.3) is 10.2 Å². The van der Waals surface area contributed by atoms with Crippen LogP contribution in [0.4, 0.5) is 0 Å². The number of nitrogens with one attached hydrogen (secondary N) is 3. The minimum Gasteiger partial charge on any atom is -0.506 e. The van der Waals surface area contributed by atoms with E-state index in [1.807, 2.05) is 30.3 Å². The van der Waals surface area contributed by atoms with Gasteiger partial charge in [0.05, 0.1) is 4.70 Å². The number of carbonyl (C=O) groups is 1. The van der Waals surface area contributed by atoms with Gasteiger partial charge < -0.3 is 20.7 Å². The summed E-state index contributed by atoms with van der Waals surface area (Å²) in [6.45, 7) is 3.95. The number of fused-ring (bicyclic) bond motifs is 1. The van der Waals surface area contributed by atoms with Crippen molar-refractivity contribution in [1.29, 1.82) is 0 Å². The third-order valence-electron chi connectivity index (χ3n) is 6.90. The number of hydrogen-bond acceptors (Lipinski definition) is 6. The lowest BCUT2D eigenvalue weighted by atomic mass is 10.1. The second-order valence-corrected chi connectivity index (χ2v) is 10.8. The zero-order valence-corrected chi connectivity index (χ0v) is 22.1. The number of hydrogen-bond donors (Lipinski definition) is 4. The van der Waals surface area contributed by atoms with Crippen LogP contribution in [-0.2, 0) is 17.6 Å². The topological polar surface area (TPSA) is 97.5 Å². The average Bonchev–Trinajstić information content (AvgIpc) is 3.54. The number of phenolic OH excluding ortho intramolecular Hbond substituents is 1. The predicted molar refractivity (Wildman–Crippen MR) is 147 cm³/mol. The Labute approximate surface area is 220 Å². The van der Waals surface area contributed by atoms with Gasteiger partial charge in [0.2, 0.25) is 5.91 Å². The molecule has 7 nitrogen and oxygen atoms in total. The van der Waals surface area contributed by atoms with Gasteiger partial charge in [-0.1, -0.05) is 54.0 Å². The number of rotatable bonds is 13. The number of halogens is 1. The van der Waals surface area contributed by atoms with Crippen LogP contribution in [-0.4, -0.2) is 59.7 Å². The molecule has 0 saturated heterocycles. The lowest BCUT2D eigenvalue weighted by Crippen LogP contribution is -2.41. The van der Waals surface area contributed by atoms with Crippen LogP contribution in [0, 0.1) is 0 Å². The van der Waals surface area contributed by atoms with E-state index in [4.69, 9.17) is 11.6 Å². The third kappa shape index (κ3) is 7.56. The van der Waals surface area contributed by atoms with Gasteiger partial charge in [-0.25, -0.2) is 0 Å². The lowest BCUT2D eigenvalue weighted by Gasteiger charge is -2.28. The van der Waals surface area contributed by atoms with Gasteiger partial charge in [-0.05, 0) is 61.6 Å². The summed E-state index contributed by atoms with van der Waals surface area (Å²) in [4.78, 5) is 29.2. The molecular weight excluding hydrogens is 496 g/mol. The van der Waals surface area contributed by atoms with E-state index in [1.54, 1.807) is 6.07 Å². The number of H-pyrrole nitrogens is 1. The number of phenols is 1. The highest BCUT2D eigenvalue weighted by Gasteiger charge is 2.22. The fraction of sp³-hybridized carbons (Fsp3) is 0.481. The summed E-state index contributed by atoms with van der Waals surface area (Å²) in [5, 5.41) is 17.3. The molecule has 4 N–H and O–H groups in total. The Morgan fingerprint density at radius 3 is 2.61 bits per heavy atom. The molecule has 0 bridgehead atoms. The van der Waals surface area contributed by atoms with Gasteiger partial charge >= 0.3 is 4.87 Å². The maximum atomic E-state index is 12.5. The molecule has 1 amide bonds. The Hall–Kier alpha value is -2.39. The number of amides is 1. The Bertz CT molecular complexity index is 1190. The number of aromatic amines is 1. The smallest absolute Gasteiger partial charge is 0.305 e. The first kappa shape index (κ1) is 26.7. The molecule has 1 aliphatic carbocycles. The molecule has 0 spiro atoms. The minimum atomic E-state index is -0.151. The van der Waals surface area contributed by atoms with Gasteiger partial charge in [-0.2, -0.15) is 0 Å². The molecule has 1 aromatic heterocycles. The normalized spacial score (nSPS) is 14.2. The second-order valence-electron chi connectivity index (χ2n) is 9.41. The van der Waals surface area contributed by atoms with E-state index >= 15 is 0 Å². The quantitative estimate of drug-likeness (QED) is 0.250. The molecular formula is C27H35ClN4O3S. The molecule has 1 fully saturated rings. The zero-order chi connectivity index (χ0) is 25.3. The SMILES string of the molecule is O=C(CCN(CCNCCc1ccc(O)c2[nH]c(=O)sc12)C1CCCC1)NCCc1ccc(Cl)cc1. The molecule has 1 saturated carbocycles. The van der Waals surface area contributed by atoms with Crippen molar-refractivity contribution in [2.24, 2.45) is 0 Å². The zero-order valence-electron chi connectivity index (χ0n) is 20.5. The van der Waals surface area contributed by atoms with Crippen molar-refractivity contribution in [3.05, 3.63) is 62.2 Å². The molecule has 36 heavy (non-hydrogen) atoms. The average molecular weight is 531 g/mol. The van der Waals surface area contributed by atoms with Crippen molar-refractivity contribution in [2.45, 2.75) is 51.0 Å². The highest BCUT2D eigenvalue weighted by molar-refractivity contribution is 7.16. The first-order valence-corrected chi connectivity index (χ1v) is 14.0. The molecule has 0 aliphatic heterocycles. The largest absolute Gasteiger partial charge is 0.506 e. The summed E-state index contributed by atoms with van der Waals surface area (Å²) in [5.74, 6) is 0.211. The maximum absolute atomic E-state index is 12.5. The third-order valence-corrected chi connectivity index (χ3v) is 8.11. The molecule has 194 valence electrons. The van der Waals surface area contributed by atoms with Gasteiger partial charge in [0.1, 0.15) is 11.3 Å². The highest BCUT2D eigenvalue weighted by Crippen LogP contribution is 2.28. The number of nitrogens with zero attached hydrogens (tertiary/aromatic N) is 1. The molecule has 1 aliphatic rings. The van der Waals surface area contributed by atoms with E-state index in [9.17, 15) is 14.7 Å². The van der Waals surface area contributed by atoms with Gasteiger partial charge in [-0.15, -0.1) is 0 Å². The standard InChI is InChI=1S/C27H35ClN4O3S/c28-21-8-5-19(6-9-21)11-15-30-24(34)13-17-32(22-3-1-2-4-22)18-16-29-14-12-20-7-10-23(33)25-26(20)36-27(35)31-25/h5-10,22,29,33H,1-4,11-18H2,(H,30,34)(H,31,35). The van der Waals surface area contributed by atoms with E-state index in [-0.39, 0.29) is 16.5 Å². The van der Waals surface area contributed by atoms with Crippen LogP contribution in [0.1, 0.15) is 43.2 Å². The summed E-state index contributed by atoms with van der Waals surface area (Å²) in [6, 6.07) is 11.8. The first-order chi connectivity index (χ1) is 17.5. The van der Waals surface area contributed by atoms with Gasteiger partial charge in [0.25, 0.3) is 0 Å². The summed E-state index contributed by atoms with van der Waals surface area (Å²) in [7, 11) is 0. The number of aromatic hydroxyl groups is 1. The monoisotopic (exact) mass is 530 g/mol. The highest BCUT2D eigenvalue weighted by atomic mass is 35.5. The van der Waals surface area contributed by atoms with E-state index in [1.165, 1.54) is 25.7 Å². The molecule has 0 atom stereocenters. The fourth-order valence-corrected chi connectivity index (χ4v) is 5.94. The van der Waals surface area contributed by atoms with Crippen LogP contribution >= 0.6 is 22.9 Å². The van der Waals surface area contributed by atoms with E-state index in [0.717, 1.165) is 71.2 Å². The molecule has 4 rings (SSSR count). The van der Waals surface area contributed by atoms with E-state index < -0.39 is 0 Å². The first-order valence-electron chi connectivity index (χ1n) is 12.8. The molecule has 2 aromatic carbocycles. The van der Waals surface area contributed by atoms with E-state index in [2.05, 4.69) is 20.5 Å². The summed E-state index contributed by atoms with van der Waals surface area (Å²) < 4.78 is 0.830. The van der Waals surface area contributed by atoms with Crippen molar-refractivity contribution >= 4 is 39.1 Å².